The summed E-state index contributed by atoms with van der Waals surface area (Å²) in [5.41, 5.74) is -1.19. The lowest BCUT2D eigenvalue weighted by molar-refractivity contribution is -0.156. The summed E-state index contributed by atoms with van der Waals surface area (Å²) < 4.78 is 19.6. The molecule has 196 valence electrons. The molecule has 1 aromatic carbocycles. The molecular weight excluding hydrogens is 449 g/mol. The molecule has 4 aliphatic rings. The van der Waals surface area contributed by atoms with Crippen molar-refractivity contribution in [1.82, 2.24) is 14.7 Å². The number of ether oxygens (including phenoxy) is 1. The number of β-amino-alcohol motifs (C(OH)–C–C–N with tert-alkyl or cyclic N) is 2. The lowest BCUT2D eigenvalue weighted by Gasteiger charge is -2.53. The first-order chi connectivity index (χ1) is 16.6. The molecule has 4 fully saturated rings. The van der Waals surface area contributed by atoms with Crippen molar-refractivity contribution in [1.29, 1.82) is 0 Å². The first-order valence-corrected chi connectivity index (χ1v) is 13.2. The number of aliphatic hydroxyl groups excluding tert-OH is 1. The highest BCUT2D eigenvalue weighted by Gasteiger charge is 2.57. The number of nitrogens with zero attached hydrogens (tertiary/aromatic N) is 3. The van der Waals surface area contributed by atoms with Crippen molar-refractivity contribution in [3.8, 4) is 0 Å². The monoisotopic (exact) mass is 491 g/mol. The molecule has 8 heteroatoms. The van der Waals surface area contributed by atoms with Gasteiger partial charge < -0.3 is 20.1 Å². The van der Waals surface area contributed by atoms with E-state index in [1.807, 2.05) is 11.0 Å². The third-order valence-electron chi connectivity index (χ3n) is 9.61. The molecule has 3 N–H and O–H groups in total. The SMILES string of the molecule is CN(C)[C@]1(c2cccc(F)c2)CC[C@]2(CC1)CN(CC1(O)CCOCC1)C(O)N2CC1(O)CCC1. The predicted molar refractivity (Wildman–Crippen MR) is 131 cm³/mol. The van der Waals surface area contributed by atoms with Crippen molar-refractivity contribution in [2.24, 2.45) is 0 Å². The van der Waals surface area contributed by atoms with E-state index in [1.165, 1.54) is 6.07 Å². The zero-order valence-electron chi connectivity index (χ0n) is 21.3. The minimum atomic E-state index is -0.868. The van der Waals surface area contributed by atoms with Crippen LogP contribution in [-0.2, 0) is 10.3 Å². The van der Waals surface area contributed by atoms with Crippen LogP contribution < -0.4 is 0 Å². The molecular formula is C27H42FN3O4. The molecule has 1 spiro atoms. The number of hydrogen-bond acceptors (Lipinski definition) is 7. The number of benzene rings is 1. The first-order valence-electron chi connectivity index (χ1n) is 13.2. The minimum Gasteiger partial charge on any atom is -0.389 e. The molecule has 0 aromatic heterocycles. The molecule has 2 saturated carbocycles. The summed E-state index contributed by atoms with van der Waals surface area (Å²) in [5, 5.41) is 33.8. The lowest BCUT2D eigenvalue weighted by Crippen LogP contribution is -2.60. The van der Waals surface area contributed by atoms with Crippen LogP contribution in [0.15, 0.2) is 24.3 Å². The highest BCUT2D eigenvalue weighted by atomic mass is 19.1. The predicted octanol–water partition coefficient (Wildman–Crippen LogP) is 2.25. The van der Waals surface area contributed by atoms with Gasteiger partial charge in [0.15, 0.2) is 6.35 Å². The molecule has 0 radical (unpaired) electrons. The van der Waals surface area contributed by atoms with Gasteiger partial charge in [0.2, 0.25) is 0 Å². The summed E-state index contributed by atoms with van der Waals surface area (Å²) in [4.78, 5) is 6.35. The van der Waals surface area contributed by atoms with E-state index >= 15 is 0 Å². The standard InChI is InChI=1S/C27H42FN3O4/c1-29(2)27(21-5-3-6-22(28)17-21)11-9-24(10-12-27)18-30(19-26(34)13-15-35-16-14-26)23(32)31(24)20-25(33)7-4-8-25/h3,5-6,17,23,32-34H,4,7-16,18-20H2,1-2H3/t23?,24-,27+. The molecule has 0 amide bonds. The molecule has 2 aliphatic carbocycles. The zero-order chi connectivity index (χ0) is 24.9. The van der Waals surface area contributed by atoms with Crippen LogP contribution in [-0.4, -0.2) is 100 Å². The van der Waals surface area contributed by atoms with Gasteiger partial charge in [-0.2, -0.15) is 0 Å². The fourth-order valence-electron chi connectivity index (χ4n) is 7.07. The van der Waals surface area contributed by atoms with Gasteiger partial charge in [-0.15, -0.1) is 0 Å². The van der Waals surface area contributed by atoms with Crippen LogP contribution in [0.5, 0.6) is 0 Å². The first kappa shape index (κ1) is 25.5. The van der Waals surface area contributed by atoms with Gasteiger partial charge in [0.05, 0.1) is 11.2 Å². The van der Waals surface area contributed by atoms with E-state index in [1.54, 1.807) is 12.1 Å². The average Bonchev–Trinajstić information content (AvgIpc) is 3.04. The fourth-order valence-corrected chi connectivity index (χ4v) is 7.07. The van der Waals surface area contributed by atoms with E-state index < -0.39 is 17.6 Å². The smallest absolute Gasteiger partial charge is 0.166 e. The lowest BCUT2D eigenvalue weighted by atomic mass is 9.67. The molecule has 7 nitrogen and oxygen atoms in total. The summed E-state index contributed by atoms with van der Waals surface area (Å²) in [6.45, 7) is 2.57. The third-order valence-corrected chi connectivity index (χ3v) is 9.61. The maximum absolute atomic E-state index is 14.2. The second-order valence-electron chi connectivity index (χ2n) is 12.0. The Hall–Kier alpha value is -1.13. The quantitative estimate of drug-likeness (QED) is 0.563. The van der Waals surface area contributed by atoms with Gasteiger partial charge in [-0.1, -0.05) is 12.1 Å². The van der Waals surface area contributed by atoms with Gasteiger partial charge in [-0.05, 0) is 76.7 Å². The van der Waals surface area contributed by atoms with Gasteiger partial charge in [-0.3, -0.25) is 14.7 Å². The maximum Gasteiger partial charge on any atom is 0.166 e. The van der Waals surface area contributed by atoms with Gasteiger partial charge in [-0.25, -0.2) is 4.39 Å². The second-order valence-corrected chi connectivity index (χ2v) is 12.0. The minimum absolute atomic E-state index is 0.218. The van der Waals surface area contributed by atoms with Crippen LogP contribution >= 0.6 is 0 Å². The Bertz CT molecular complexity index is 894. The summed E-state index contributed by atoms with van der Waals surface area (Å²) in [7, 11) is 4.13. The van der Waals surface area contributed by atoms with Crippen molar-refractivity contribution in [3.05, 3.63) is 35.6 Å². The van der Waals surface area contributed by atoms with Gasteiger partial charge in [0, 0.05) is 56.8 Å². The number of rotatable bonds is 6. The highest BCUT2D eigenvalue weighted by Crippen LogP contribution is 2.51. The molecule has 1 aromatic rings. The Labute approximate surface area is 208 Å². The van der Waals surface area contributed by atoms with Crippen molar-refractivity contribution < 1.29 is 24.4 Å². The molecule has 5 rings (SSSR count). The Morgan fingerprint density at radius 1 is 0.971 bits per heavy atom. The van der Waals surface area contributed by atoms with Crippen molar-refractivity contribution in [2.75, 3.05) is 46.9 Å². The van der Waals surface area contributed by atoms with Gasteiger partial charge in [0.25, 0.3) is 0 Å². The van der Waals surface area contributed by atoms with E-state index in [0.29, 0.717) is 45.7 Å². The maximum atomic E-state index is 14.2. The number of hydrogen-bond donors (Lipinski definition) is 3. The van der Waals surface area contributed by atoms with Crippen molar-refractivity contribution in [3.63, 3.8) is 0 Å². The molecule has 0 bridgehead atoms. The van der Waals surface area contributed by atoms with Crippen molar-refractivity contribution in [2.45, 2.75) is 86.4 Å². The largest absolute Gasteiger partial charge is 0.389 e. The van der Waals surface area contributed by atoms with E-state index in [9.17, 15) is 19.7 Å². The van der Waals surface area contributed by atoms with E-state index in [-0.39, 0.29) is 16.9 Å². The van der Waals surface area contributed by atoms with E-state index in [2.05, 4.69) is 23.9 Å². The van der Waals surface area contributed by atoms with Crippen molar-refractivity contribution >= 4 is 0 Å². The summed E-state index contributed by atoms with van der Waals surface area (Å²) >= 11 is 0. The second kappa shape index (κ2) is 9.31. The van der Waals surface area contributed by atoms with Crippen LogP contribution in [0.3, 0.4) is 0 Å². The van der Waals surface area contributed by atoms with Crippen LogP contribution in [0, 0.1) is 5.82 Å². The Morgan fingerprint density at radius 3 is 2.20 bits per heavy atom. The van der Waals surface area contributed by atoms with Crippen LogP contribution in [0.25, 0.3) is 0 Å². The van der Waals surface area contributed by atoms with Crippen LogP contribution in [0.2, 0.25) is 0 Å². The Morgan fingerprint density at radius 2 is 1.63 bits per heavy atom. The number of aliphatic hydroxyl groups is 3. The van der Waals surface area contributed by atoms with Gasteiger partial charge in [0.1, 0.15) is 5.82 Å². The Kier molecular flexibility index (Phi) is 6.79. The molecule has 2 heterocycles. The Balaban J connectivity index is 1.40. The molecule has 35 heavy (non-hydrogen) atoms. The topological polar surface area (TPSA) is 79.6 Å². The fraction of sp³-hybridized carbons (Fsp3) is 0.778. The summed E-state index contributed by atoms with van der Waals surface area (Å²) in [6, 6.07) is 6.95. The molecule has 1 unspecified atom stereocenters. The van der Waals surface area contributed by atoms with E-state index in [4.69, 9.17) is 4.74 Å². The van der Waals surface area contributed by atoms with Crippen LogP contribution in [0.1, 0.15) is 63.4 Å². The van der Waals surface area contributed by atoms with E-state index in [0.717, 1.165) is 50.5 Å². The molecule has 2 aliphatic heterocycles. The summed E-state index contributed by atoms with van der Waals surface area (Å²) in [6.07, 6.45) is 6.14. The van der Waals surface area contributed by atoms with Crippen LogP contribution in [0.4, 0.5) is 4.39 Å². The average molecular weight is 492 g/mol. The zero-order valence-corrected chi connectivity index (χ0v) is 21.3. The third kappa shape index (κ3) is 4.67. The molecule has 2 saturated heterocycles. The van der Waals surface area contributed by atoms with Gasteiger partial charge >= 0.3 is 0 Å². The normalized spacial score (nSPS) is 35.5. The number of halogens is 1. The summed E-state index contributed by atoms with van der Waals surface area (Å²) in [5.74, 6) is -0.218. The highest BCUT2D eigenvalue weighted by molar-refractivity contribution is 5.27. The molecule has 1 atom stereocenters.